The Morgan fingerprint density at radius 1 is 1.24 bits per heavy atom. The van der Waals surface area contributed by atoms with E-state index in [1.807, 2.05) is 10.6 Å². The van der Waals surface area contributed by atoms with E-state index in [4.69, 9.17) is 27.9 Å². The molecule has 0 aliphatic rings. The van der Waals surface area contributed by atoms with Gasteiger partial charge in [0.05, 0.1) is 0 Å². The lowest BCUT2D eigenvalue weighted by Gasteiger charge is -2.18. The molecule has 1 N–H and O–H groups in total. The number of alkyl carbamates (subject to hydrolysis) is 1. The molecule has 152 valence electrons. The summed E-state index contributed by atoms with van der Waals surface area (Å²) >= 11 is 12.0. The predicted octanol–water partition coefficient (Wildman–Crippen LogP) is 5.84. The normalized spacial score (nSPS) is 11.9. The van der Waals surface area contributed by atoms with Gasteiger partial charge >= 0.3 is 6.09 Å². The second kappa shape index (κ2) is 9.33. The minimum atomic E-state index is -0.532. The summed E-state index contributed by atoms with van der Waals surface area (Å²) in [7, 11) is 0. The maximum Gasteiger partial charge on any atom is 0.409 e. The third kappa shape index (κ3) is 5.11. The molecule has 1 amide bonds. The van der Waals surface area contributed by atoms with E-state index in [1.54, 1.807) is 30.6 Å². The van der Waals surface area contributed by atoms with Crippen LogP contribution in [0, 0.1) is 13.8 Å². The number of nitrogens with zero attached hydrogens (tertiary/aromatic N) is 2. The van der Waals surface area contributed by atoms with Crippen LogP contribution >= 0.6 is 23.2 Å². The zero-order chi connectivity index (χ0) is 21.0. The Morgan fingerprint density at radius 3 is 2.79 bits per heavy atom. The van der Waals surface area contributed by atoms with E-state index in [-0.39, 0.29) is 19.2 Å². The van der Waals surface area contributed by atoms with Gasteiger partial charge in [-0.1, -0.05) is 54.4 Å². The molecule has 5 nitrogen and oxygen atoms in total. The van der Waals surface area contributed by atoms with Crippen LogP contribution in [0.2, 0.25) is 10.0 Å². The van der Waals surface area contributed by atoms with E-state index in [9.17, 15) is 4.79 Å². The standard InChI is InChI=1S/C22H23Cl2N3O2/c1-14-5-4-6-19(15(14)2)16(3)21-25-9-10-27(21)13-29-22(28)26-12-17-7-8-18(23)11-20(17)24/h4-11,16H,12-13H2,1-3H3,(H,26,28). The fourth-order valence-electron chi connectivity index (χ4n) is 3.20. The maximum atomic E-state index is 12.1. The van der Waals surface area contributed by atoms with Crippen LogP contribution < -0.4 is 5.32 Å². The summed E-state index contributed by atoms with van der Waals surface area (Å²) in [5.74, 6) is 0.914. The molecule has 0 saturated carbocycles. The van der Waals surface area contributed by atoms with E-state index in [1.165, 1.54) is 16.7 Å². The zero-order valence-electron chi connectivity index (χ0n) is 16.6. The lowest BCUT2D eigenvalue weighted by molar-refractivity contribution is 0.112. The third-order valence-corrected chi connectivity index (χ3v) is 5.61. The molecule has 29 heavy (non-hydrogen) atoms. The van der Waals surface area contributed by atoms with E-state index in [2.05, 4.69) is 43.2 Å². The van der Waals surface area contributed by atoms with Gasteiger partial charge in [-0.3, -0.25) is 0 Å². The van der Waals surface area contributed by atoms with Crippen LogP contribution in [0.1, 0.15) is 40.9 Å². The molecule has 3 aromatic rings. The number of imidazole rings is 1. The van der Waals surface area contributed by atoms with Crippen LogP contribution in [0.3, 0.4) is 0 Å². The molecule has 1 unspecified atom stereocenters. The van der Waals surface area contributed by atoms with Crippen LogP contribution in [0.15, 0.2) is 48.8 Å². The van der Waals surface area contributed by atoms with Crippen molar-refractivity contribution in [2.45, 2.75) is 40.0 Å². The van der Waals surface area contributed by atoms with Crippen molar-refractivity contribution in [3.8, 4) is 0 Å². The van der Waals surface area contributed by atoms with Crippen molar-refractivity contribution in [2.24, 2.45) is 0 Å². The number of carbonyl (C=O) groups excluding carboxylic acids is 1. The van der Waals surface area contributed by atoms with Crippen LogP contribution in [0.5, 0.6) is 0 Å². The fraction of sp³-hybridized carbons (Fsp3) is 0.273. The van der Waals surface area contributed by atoms with Crippen molar-refractivity contribution >= 4 is 29.3 Å². The van der Waals surface area contributed by atoms with Gasteiger partial charge < -0.3 is 14.6 Å². The number of aryl methyl sites for hydroxylation is 1. The molecule has 0 saturated heterocycles. The number of hydrogen-bond donors (Lipinski definition) is 1. The number of aromatic nitrogens is 2. The van der Waals surface area contributed by atoms with Crippen molar-refractivity contribution in [1.29, 1.82) is 0 Å². The van der Waals surface area contributed by atoms with Crippen LogP contribution in [-0.4, -0.2) is 15.6 Å². The molecule has 3 rings (SSSR count). The van der Waals surface area contributed by atoms with Crippen molar-refractivity contribution in [1.82, 2.24) is 14.9 Å². The van der Waals surface area contributed by atoms with E-state index in [0.29, 0.717) is 10.0 Å². The lowest BCUT2D eigenvalue weighted by Crippen LogP contribution is -2.25. The monoisotopic (exact) mass is 431 g/mol. The number of rotatable bonds is 6. The molecular formula is C22H23Cl2N3O2. The Balaban J connectivity index is 1.61. The first-order valence-electron chi connectivity index (χ1n) is 9.28. The van der Waals surface area contributed by atoms with Gasteiger partial charge in [0.1, 0.15) is 5.82 Å². The van der Waals surface area contributed by atoms with Gasteiger partial charge in [-0.25, -0.2) is 9.78 Å². The average molecular weight is 432 g/mol. The topological polar surface area (TPSA) is 56.2 Å². The molecule has 0 bridgehead atoms. The Kier molecular flexibility index (Phi) is 6.83. The summed E-state index contributed by atoms with van der Waals surface area (Å²) in [5, 5.41) is 3.74. The van der Waals surface area contributed by atoms with Gasteiger partial charge in [0, 0.05) is 34.9 Å². The largest absolute Gasteiger partial charge is 0.428 e. The highest BCUT2D eigenvalue weighted by Gasteiger charge is 2.17. The molecule has 1 heterocycles. The van der Waals surface area contributed by atoms with Gasteiger partial charge in [-0.2, -0.15) is 0 Å². The van der Waals surface area contributed by atoms with E-state index >= 15 is 0 Å². The Morgan fingerprint density at radius 2 is 2.03 bits per heavy atom. The highest BCUT2D eigenvalue weighted by molar-refractivity contribution is 6.35. The minimum absolute atomic E-state index is 0.0736. The van der Waals surface area contributed by atoms with Crippen molar-refractivity contribution in [2.75, 3.05) is 0 Å². The third-order valence-electron chi connectivity index (χ3n) is 5.02. The molecule has 1 atom stereocenters. The number of hydrogen-bond acceptors (Lipinski definition) is 3. The number of benzene rings is 2. The van der Waals surface area contributed by atoms with Crippen molar-refractivity contribution in [3.63, 3.8) is 0 Å². The molecule has 1 aromatic heterocycles. The van der Waals surface area contributed by atoms with Crippen LogP contribution in [0.25, 0.3) is 0 Å². The first-order valence-corrected chi connectivity index (χ1v) is 10.0. The average Bonchev–Trinajstić information content (AvgIpc) is 3.16. The number of carbonyl (C=O) groups is 1. The Bertz CT molecular complexity index is 1020. The summed E-state index contributed by atoms with van der Waals surface area (Å²) in [4.78, 5) is 16.6. The van der Waals surface area contributed by atoms with E-state index in [0.717, 1.165) is 11.4 Å². The molecule has 2 aromatic carbocycles. The zero-order valence-corrected chi connectivity index (χ0v) is 18.1. The van der Waals surface area contributed by atoms with Crippen LogP contribution in [0.4, 0.5) is 4.79 Å². The maximum absolute atomic E-state index is 12.1. The first kappa shape index (κ1) is 21.2. The number of ether oxygens (including phenoxy) is 1. The van der Waals surface area contributed by atoms with Gasteiger partial charge in [-0.05, 0) is 48.2 Å². The predicted molar refractivity (Wildman–Crippen MR) is 115 cm³/mol. The molecule has 0 spiro atoms. The number of amides is 1. The highest BCUT2D eigenvalue weighted by Crippen LogP contribution is 2.27. The Labute approximate surface area is 180 Å². The van der Waals surface area contributed by atoms with Gasteiger partial charge in [0.2, 0.25) is 0 Å². The highest BCUT2D eigenvalue weighted by atomic mass is 35.5. The van der Waals surface area contributed by atoms with Crippen molar-refractivity contribution < 1.29 is 9.53 Å². The molecular weight excluding hydrogens is 409 g/mol. The summed E-state index contributed by atoms with van der Waals surface area (Å²) in [5.41, 5.74) is 4.45. The summed E-state index contributed by atoms with van der Waals surface area (Å²) in [6.07, 6.45) is 2.99. The van der Waals surface area contributed by atoms with E-state index < -0.39 is 6.09 Å². The fourth-order valence-corrected chi connectivity index (χ4v) is 3.68. The second-order valence-corrected chi connectivity index (χ2v) is 7.76. The van der Waals surface area contributed by atoms with Gasteiger partial charge in [0.25, 0.3) is 0 Å². The molecule has 0 radical (unpaired) electrons. The van der Waals surface area contributed by atoms with Crippen LogP contribution in [-0.2, 0) is 18.0 Å². The summed E-state index contributed by atoms with van der Waals surface area (Å²) in [6.45, 7) is 6.64. The molecule has 7 heteroatoms. The second-order valence-electron chi connectivity index (χ2n) is 6.92. The quantitative estimate of drug-likeness (QED) is 0.532. The number of nitrogens with one attached hydrogen (secondary N) is 1. The van der Waals surface area contributed by atoms with Gasteiger partial charge in [0.15, 0.2) is 6.73 Å². The smallest absolute Gasteiger partial charge is 0.409 e. The lowest BCUT2D eigenvalue weighted by atomic mass is 9.93. The molecule has 0 fully saturated rings. The molecule has 0 aliphatic carbocycles. The van der Waals surface area contributed by atoms with Gasteiger partial charge in [-0.15, -0.1) is 0 Å². The molecule has 0 aliphatic heterocycles. The Hall–Kier alpha value is -2.50. The summed E-state index contributed by atoms with van der Waals surface area (Å²) in [6, 6.07) is 11.4. The summed E-state index contributed by atoms with van der Waals surface area (Å²) < 4.78 is 7.19. The minimum Gasteiger partial charge on any atom is -0.428 e. The number of halogens is 2. The SMILES string of the molecule is Cc1cccc(C(C)c2nccn2COC(=O)NCc2ccc(Cl)cc2Cl)c1C. The van der Waals surface area contributed by atoms with Crippen molar-refractivity contribution in [3.05, 3.63) is 86.9 Å². The first-order chi connectivity index (χ1) is 13.9.